The molecule has 1 aromatic heterocycles. The molecule has 5 heteroatoms. The van der Waals surface area contributed by atoms with Crippen LogP contribution in [0.2, 0.25) is 0 Å². The van der Waals surface area contributed by atoms with Crippen LogP contribution in [0.1, 0.15) is 32.5 Å². The van der Waals surface area contributed by atoms with Crippen molar-refractivity contribution in [3.8, 4) is 0 Å². The Morgan fingerprint density at radius 3 is 3.06 bits per heavy atom. The lowest BCUT2D eigenvalue weighted by atomic mass is 10.1. The van der Waals surface area contributed by atoms with Crippen LogP contribution >= 0.6 is 0 Å². The molecule has 0 saturated heterocycles. The standard InChI is InChI=1S/C11H20N4O/c1-3-4-9(2)8-15-11(16)14-6-5-12-7-10(14)13-15/h9,12H,3-8H2,1-2H3. The summed E-state index contributed by atoms with van der Waals surface area (Å²) in [6.45, 7) is 7.41. The fraction of sp³-hybridized carbons (Fsp3) is 0.818. The lowest BCUT2D eigenvalue weighted by molar-refractivity contribution is 0.409. The lowest BCUT2D eigenvalue weighted by Crippen LogP contribution is -2.34. The Kier molecular flexibility index (Phi) is 3.43. The summed E-state index contributed by atoms with van der Waals surface area (Å²) in [5.41, 5.74) is 0.0550. The highest BCUT2D eigenvalue weighted by atomic mass is 16.2. The molecule has 2 heterocycles. The van der Waals surface area contributed by atoms with Gasteiger partial charge in [0.1, 0.15) is 5.82 Å². The second kappa shape index (κ2) is 4.82. The molecule has 0 aromatic carbocycles. The number of fused-ring (bicyclic) bond motifs is 1. The van der Waals surface area contributed by atoms with Gasteiger partial charge in [-0.1, -0.05) is 20.3 Å². The fourth-order valence-corrected chi connectivity index (χ4v) is 2.23. The van der Waals surface area contributed by atoms with Crippen LogP contribution in [0.3, 0.4) is 0 Å². The SMILES string of the molecule is CCCC(C)Cn1nc2n(c1=O)CCNC2. The molecule has 0 radical (unpaired) electrons. The van der Waals surface area contributed by atoms with Crippen molar-refractivity contribution in [2.45, 2.75) is 46.3 Å². The Balaban J connectivity index is 2.16. The summed E-state index contributed by atoms with van der Waals surface area (Å²) in [4.78, 5) is 12.0. The maximum absolute atomic E-state index is 12.0. The molecule has 0 aliphatic carbocycles. The van der Waals surface area contributed by atoms with Gasteiger partial charge < -0.3 is 5.32 Å². The smallest absolute Gasteiger partial charge is 0.308 e. The molecule has 2 rings (SSSR count). The first-order chi connectivity index (χ1) is 7.72. The molecule has 0 spiro atoms. The molecule has 16 heavy (non-hydrogen) atoms. The highest BCUT2D eigenvalue weighted by Gasteiger charge is 2.16. The zero-order valence-corrected chi connectivity index (χ0v) is 10.1. The maximum Gasteiger partial charge on any atom is 0.346 e. The molecule has 1 aliphatic heterocycles. The van der Waals surface area contributed by atoms with Gasteiger partial charge in [-0.15, -0.1) is 0 Å². The molecule has 0 fully saturated rings. The van der Waals surface area contributed by atoms with E-state index in [2.05, 4.69) is 24.3 Å². The summed E-state index contributed by atoms with van der Waals surface area (Å²) in [6.07, 6.45) is 2.30. The molecule has 5 nitrogen and oxygen atoms in total. The Bertz CT molecular complexity index is 407. The predicted molar refractivity (Wildman–Crippen MR) is 62.3 cm³/mol. The maximum atomic E-state index is 12.0. The lowest BCUT2D eigenvalue weighted by Gasteiger charge is -2.11. The van der Waals surface area contributed by atoms with E-state index in [0.717, 1.165) is 38.3 Å². The van der Waals surface area contributed by atoms with Crippen molar-refractivity contribution in [2.24, 2.45) is 5.92 Å². The largest absolute Gasteiger partial charge is 0.346 e. The molecule has 1 atom stereocenters. The van der Waals surface area contributed by atoms with E-state index in [4.69, 9.17) is 0 Å². The van der Waals surface area contributed by atoms with E-state index >= 15 is 0 Å². The predicted octanol–water partition coefficient (Wildman–Crippen LogP) is 0.584. The zero-order valence-electron chi connectivity index (χ0n) is 10.1. The van der Waals surface area contributed by atoms with Gasteiger partial charge in [0.05, 0.1) is 6.54 Å². The number of hydrogen-bond donors (Lipinski definition) is 1. The van der Waals surface area contributed by atoms with Crippen molar-refractivity contribution >= 4 is 0 Å². The topological polar surface area (TPSA) is 51.9 Å². The molecule has 1 aliphatic rings. The number of rotatable bonds is 4. The van der Waals surface area contributed by atoms with Crippen LogP contribution in [0, 0.1) is 5.92 Å². The van der Waals surface area contributed by atoms with Crippen molar-refractivity contribution < 1.29 is 0 Å². The number of nitrogens with zero attached hydrogens (tertiary/aromatic N) is 3. The molecule has 1 N–H and O–H groups in total. The first-order valence-electron chi connectivity index (χ1n) is 6.09. The third kappa shape index (κ3) is 2.19. The Morgan fingerprint density at radius 1 is 1.56 bits per heavy atom. The van der Waals surface area contributed by atoms with E-state index in [0.29, 0.717) is 12.5 Å². The Morgan fingerprint density at radius 2 is 2.38 bits per heavy atom. The van der Waals surface area contributed by atoms with Crippen LogP contribution in [0.25, 0.3) is 0 Å². The first-order valence-corrected chi connectivity index (χ1v) is 6.09. The van der Waals surface area contributed by atoms with Crippen molar-refractivity contribution in [1.29, 1.82) is 0 Å². The molecule has 0 saturated carbocycles. The van der Waals surface area contributed by atoms with Gasteiger partial charge in [-0.25, -0.2) is 9.48 Å². The Labute approximate surface area is 95.5 Å². The molecule has 0 bridgehead atoms. The average Bonchev–Trinajstić information content (AvgIpc) is 2.57. The number of nitrogens with one attached hydrogen (secondary N) is 1. The van der Waals surface area contributed by atoms with Gasteiger partial charge in [-0.2, -0.15) is 5.10 Å². The van der Waals surface area contributed by atoms with Crippen molar-refractivity contribution in [2.75, 3.05) is 6.54 Å². The van der Waals surface area contributed by atoms with Crippen LogP contribution in [0.4, 0.5) is 0 Å². The molecule has 1 aromatic rings. The average molecular weight is 224 g/mol. The van der Waals surface area contributed by atoms with Crippen LogP contribution in [-0.4, -0.2) is 20.9 Å². The van der Waals surface area contributed by atoms with Crippen LogP contribution in [0.15, 0.2) is 4.79 Å². The van der Waals surface area contributed by atoms with Gasteiger partial charge in [-0.05, 0) is 12.3 Å². The first kappa shape index (κ1) is 11.4. The molecule has 0 amide bonds. The van der Waals surface area contributed by atoms with Gasteiger partial charge in [0, 0.05) is 19.6 Å². The van der Waals surface area contributed by atoms with Crippen molar-refractivity contribution in [3.63, 3.8) is 0 Å². The van der Waals surface area contributed by atoms with Gasteiger partial charge in [0.2, 0.25) is 0 Å². The normalized spacial score (nSPS) is 17.1. The summed E-state index contributed by atoms with van der Waals surface area (Å²) < 4.78 is 3.41. The van der Waals surface area contributed by atoms with Gasteiger partial charge in [-0.3, -0.25) is 4.57 Å². The fourth-order valence-electron chi connectivity index (χ4n) is 2.23. The minimum Gasteiger partial charge on any atom is -0.308 e. The van der Waals surface area contributed by atoms with Crippen molar-refractivity contribution in [3.05, 3.63) is 16.3 Å². The second-order valence-corrected chi connectivity index (χ2v) is 4.60. The molecule has 1 unspecified atom stereocenters. The summed E-state index contributed by atoms with van der Waals surface area (Å²) in [5.74, 6) is 1.40. The Hall–Kier alpha value is -1.10. The van der Waals surface area contributed by atoms with E-state index in [-0.39, 0.29) is 5.69 Å². The van der Waals surface area contributed by atoms with Crippen LogP contribution in [0.5, 0.6) is 0 Å². The molecule has 90 valence electrons. The second-order valence-electron chi connectivity index (χ2n) is 4.60. The molecular formula is C11H20N4O. The number of hydrogen-bond acceptors (Lipinski definition) is 3. The van der Waals surface area contributed by atoms with Crippen molar-refractivity contribution in [1.82, 2.24) is 19.7 Å². The number of aromatic nitrogens is 3. The minimum atomic E-state index is 0.0550. The summed E-state index contributed by atoms with van der Waals surface area (Å²) in [6, 6.07) is 0. The quantitative estimate of drug-likeness (QED) is 0.814. The van der Waals surface area contributed by atoms with E-state index < -0.39 is 0 Å². The van der Waals surface area contributed by atoms with Crippen LogP contribution in [-0.2, 0) is 19.6 Å². The zero-order chi connectivity index (χ0) is 11.5. The van der Waals surface area contributed by atoms with E-state index in [9.17, 15) is 4.79 Å². The van der Waals surface area contributed by atoms with E-state index in [1.807, 2.05) is 0 Å². The van der Waals surface area contributed by atoms with Crippen LogP contribution < -0.4 is 11.0 Å². The highest BCUT2D eigenvalue weighted by molar-refractivity contribution is 4.90. The van der Waals surface area contributed by atoms with Gasteiger partial charge >= 0.3 is 5.69 Å². The van der Waals surface area contributed by atoms with Gasteiger partial charge in [0.15, 0.2) is 0 Å². The van der Waals surface area contributed by atoms with E-state index in [1.54, 1.807) is 9.25 Å². The summed E-state index contributed by atoms with van der Waals surface area (Å²) in [7, 11) is 0. The molecular weight excluding hydrogens is 204 g/mol. The third-order valence-corrected chi connectivity index (χ3v) is 3.06. The summed E-state index contributed by atoms with van der Waals surface area (Å²) in [5, 5.41) is 7.60. The highest BCUT2D eigenvalue weighted by Crippen LogP contribution is 2.07. The van der Waals surface area contributed by atoms with E-state index in [1.165, 1.54) is 0 Å². The third-order valence-electron chi connectivity index (χ3n) is 3.06. The summed E-state index contributed by atoms with van der Waals surface area (Å²) >= 11 is 0. The minimum absolute atomic E-state index is 0.0550. The van der Waals surface area contributed by atoms with Gasteiger partial charge in [0.25, 0.3) is 0 Å². The monoisotopic (exact) mass is 224 g/mol.